The van der Waals surface area contributed by atoms with E-state index in [-0.39, 0.29) is 16.5 Å². The largest absolute Gasteiger partial charge is 0.353 e. The molecule has 1 amide bonds. The molecule has 1 aromatic carbocycles. The van der Waals surface area contributed by atoms with Gasteiger partial charge in [-0.25, -0.2) is 13.4 Å². The molecule has 9 heteroatoms. The van der Waals surface area contributed by atoms with Crippen molar-refractivity contribution in [1.82, 2.24) is 15.2 Å². The molecule has 156 valence electrons. The standard InChI is InChI=1S/C20H27N5O3S/c1-3-24(4-2)20(26)18-14-16(15-22-19(18)25-12-10-21-11-13-25)23-29(27,28)17-8-6-5-7-9-17/h5-9,14-15,21,23H,3-4,10-13H2,1-2H3. The number of carbonyl (C=O) groups excluding carboxylic acids is 1. The molecule has 8 nitrogen and oxygen atoms in total. The van der Waals surface area contributed by atoms with Crippen LogP contribution in [0.25, 0.3) is 0 Å². The van der Waals surface area contributed by atoms with Gasteiger partial charge in [0.25, 0.3) is 15.9 Å². The van der Waals surface area contributed by atoms with Crippen molar-refractivity contribution in [2.45, 2.75) is 18.7 Å². The second-order valence-corrected chi connectivity index (χ2v) is 8.41. The van der Waals surface area contributed by atoms with Crippen LogP contribution in [-0.2, 0) is 10.0 Å². The summed E-state index contributed by atoms with van der Waals surface area (Å²) < 4.78 is 27.9. The molecule has 1 aromatic heterocycles. The molecule has 1 fully saturated rings. The maximum Gasteiger partial charge on any atom is 0.261 e. The van der Waals surface area contributed by atoms with Gasteiger partial charge in [0.1, 0.15) is 5.82 Å². The van der Waals surface area contributed by atoms with Gasteiger partial charge in [-0.1, -0.05) is 18.2 Å². The van der Waals surface area contributed by atoms with E-state index in [1.54, 1.807) is 29.2 Å². The highest BCUT2D eigenvalue weighted by Crippen LogP contribution is 2.25. The predicted molar refractivity (Wildman–Crippen MR) is 114 cm³/mol. The van der Waals surface area contributed by atoms with E-state index in [9.17, 15) is 13.2 Å². The molecule has 0 bridgehead atoms. The first-order valence-corrected chi connectivity index (χ1v) is 11.3. The van der Waals surface area contributed by atoms with Gasteiger partial charge < -0.3 is 15.1 Å². The van der Waals surface area contributed by atoms with Crippen LogP contribution in [0.2, 0.25) is 0 Å². The summed E-state index contributed by atoms with van der Waals surface area (Å²) in [5.41, 5.74) is 0.673. The molecule has 29 heavy (non-hydrogen) atoms. The number of nitrogens with zero attached hydrogens (tertiary/aromatic N) is 3. The number of nitrogens with one attached hydrogen (secondary N) is 2. The van der Waals surface area contributed by atoms with Crippen LogP contribution >= 0.6 is 0 Å². The Hall–Kier alpha value is -2.65. The van der Waals surface area contributed by atoms with E-state index in [2.05, 4.69) is 19.9 Å². The lowest BCUT2D eigenvalue weighted by atomic mass is 10.1. The molecule has 0 unspecified atom stereocenters. The van der Waals surface area contributed by atoms with Crippen molar-refractivity contribution >= 4 is 27.4 Å². The maximum atomic E-state index is 13.1. The van der Waals surface area contributed by atoms with E-state index in [1.807, 2.05) is 13.8 Å². The van der Waals surface area contributed by atoms with Gasteiger partial charge in [0.15, 0.2) is 0 Å². The minimum atomic E-state index is -3.76. The minimum absolute atomic E-state index is 0.155. The van der Waals surface area contributed by atoms with Gasteiger partial charge >= 0.3 is 0 Å². The number of benzene rings is 1. The molecule has 2 aromatic rings. The number of sulfonamides is 1. The molecule has 1 saturated heterocycles. The van der Waals surface area contributed by atoms with Crippen LogP contribution in [0.4, 0.5) is 11.5 Å². The van der Waals surface area contributed by atoms with Crippen molar-refractivity contribution in [2.75, 3.05) is 48.9 Å². The Morgan fingerprint density at radius 1 is 1.17 bits per heavy atom. The summed E-state index contributed by atoms with van der Waals surface area (Å²) in [4.78, 5) is 21.5. The Morgan fingerprint density at radius 2 is 1.83 bits per heavy atom. The summed E-state index contributed by atoms with van der Waals surface area (Å²) in [6.45, 7) is 8.06. The van der Waals surface area contributed by atoms with Gasteiger partial charge in [-0.3, -0.25) is 9.52 Å². The first-order valence-electron chi connectivity index (χ1n) is 9.79. The zero-order valence-corrected chi connectivity index (χ0v) is 17.6. The summed E-state index contributed by atoms with van der Waals surface area (Å²) in [6.07, 6.45) is 1.47. The van der Waals surface area contributed by atoms with E-state index >= 15 is 0 Å². The smallest absolute Gasteiger partial charge is 0.261 e. The Morgan fingerprint density at radius 3 is 2.45 bits per heavy atom. The number of piperazine rings is 1. The van der Waals surface area contributed by atoms with Crippen molar-refractivity contribution in [3.63, 3.8) is 0 Å². The number of rotatable bonds is 7. The monoisotopic (exact) mass is 417 g/mol. The molecule has 0 radical (unpaired) electrons. The van der Waals surface area contributed by atoms with E-state index in [0.717, 1.165) is 26.2 Å². The quantitative estimate of drug-likeness (QED) is 0.713. The summed E-state index contributed by atoms with van der Waals surface area (Å²) >= 11 is 0. The maximum absolute atomic E-state index is 13.1. The molecule has 0 atom stereocenters. The molecular weight excluding hydrogens is 390 g/mol. The van der Waals surface area contributed by atoms with Crippen LogP contribution < -0.4 is 14.9 Å². The third-order valence-corrected chi connectivity index (χ3v) is 6.27. The average molecular weight is 418 g/mol. The van der Waals surface area contributed by atoms with Gasteiger partial charge in [0.2, 0.25) is 0 Å². The Bertz CT molecular complexity index is 940. The molecular formula is C20H27N5O3S. The van der Waals surface area contributed by atoms with Crippen LogP contribution in [0.3, 0.4) is 0 Å². The molecule has 0 spiro atoms. The van der Waals surface area contributed by atoms with Gasteiger partial charge in [-0.15, -0.1) is 0 Å². The van der Waals surface area contributed by atoms with Crippen LogP contribution in [0, 0.1) is 0 Å². The fourth-order valence-electron chi connectivity index (χ4n) is 3.29. The summed E-state index contributed by atoms with van der Waals surface area (Å²) in [7, 11) is -3.76. The molecule has 2 heterocycles. The number of pyridine rings is 1. The van der Waals surface area contributed by atoms with Crippen LogP contribution in [0.1, 0.15) is 24.2 Å². The summed E-state index contributed by atoms with van der Waals surface area (Å²) in [6, 6.07) is 9.71. The van der Waals surface area contributed by atoms with E-state index in [4.69, 9.17) is 0 Å². The van der Waals surface area contributed by atoms with Gasteiger partial charge in [-0.2, -0.15) is 0 Å². The molecule has 1 aliphatic rings. The average Bonchev–Trinajstić information content (AvgIpc) is 2.75. The zero-order chi connectivity index (χ0) is 20.9. The third-order valence-electron chi connectivity index (χ3n) is 4.87. The Labute approximate surface area is 172 Å². The lowest BCUT2D eigenvalue weighted by molar-refractivity contribution is 0.0773. The topological polar surface area (TPSA) is 94.6 Å². The first kappa shape index (κ1) is 21.1. The SMILES string of the molecule is CCN(CC)C(=O)c1cc(NS(=O)(=O)c2ccccc2)cnc1N1CCNCC1. The number of amides is 1. The normalized spacial score (nSPS) is 14.5. The highest BCUT2D eigenvalue weighted by Gasteiger charge is 2.24. The van der Waals surface area contributed by atoms with Crippen molar-refractivity contribution in [2.24, 2.45) is 0 Å². The number of anilines is 2. The molecule has 3 rings (SSSR count). The Balaban J connectivity index is 1.97. The number of hydrogen-bond donors (Lipinski definition) is 2. The summed E-state index contributed by atoms with van der Waals surface area (Å²) in [5, 5.41) is 3.28. The van der Waals surface area contributed by atoms with Crippen LogP contribution in [0.5, 0.6) is 0 Å². The van der Waals surface area contributed by atoms with Gasteiger partial charge in [0.05, 0.1) is 22.3 Å². The molecule has 0 saturated carbocycles. The third kappa shape index (κ3) is 4.86. The predicted octanol–water partition coefficient (Wildman–Crippen LogP) is 1.77. The second kappa shape index (κ2) is 9.23. The first-order chi connectivity index (χ1) is 14.0. The fourth-order valence-corrected chi connectivity index (χ4v) is 4.35. The molecule has 2 N–H and O–H groups in total. The fraction of sp³-hybridized carbons (Fsp3) is 0.400. The highest BCUT2D eigenvalue weighted by atomic mass is 32.2. The minimum Gasteiger partial charge on any atom is -0.353 e. The second-order valence-electron chi connectivity index (χ2n) is 6.73. The lowest BCUT2D eigenvalue weighted by Crippen LogP contribution is -2.45. The Kier molecular flexibility index (Phi) is 6.71. The number of carbonyl (C=O) groups is 1. The van der Waals surface area contributed by atoms with E-state index in [1.165, 1.54) is 18.3 Å². The summed E-state index contributed by atoms with van der Waals surface area (Å²) in [5.74, 6) is 0.433. The van der Waals surface area contributed by atoms with Crippen molar-refractivity contribution < 1.29 is 13.2 Å². The van der Waals surface area contributed by atoms with E-state index < -0.39 is 10.0 Å². The lowest BCUT2D eigenvalue weighted by Gasteiger charge is -2.31. The number of hydrogen-bond acceptors (Lipinski definition) is 6. The van der Waals surface area contributed by atoms with Crippen LogP contribution in [-0.4, -0.2) is 63.5 Å². The molecule has 0 aliphatic carbocycles. The zero-order valence-electron chi connectivity index (χ0n) is 16.8. The van der Waals surface area contributed by atoms with E-state index in [0.29, 0.717) is 24.5 Å². The highest BCUT2D eigenvalue weighted by molar-refractivity contribution is 7.92. The van der Waals surface area contributed by atoms with Crippen LogP contribution in [0.15, 0.2) is 47.5 Å². The van der Waals surface area contributed by atoms with Crippen molar-refractivity contribution in [1.29, 1.82) is 0 Å². The number of aromatic nitrogens is 1. The molecule has 1 aliphatic heterocycles. The van der Waals surface area contributed by atoms with Crippen molar-refractivity contribution in [3.8, 4) is 0 Å². The van der Waals surface area contributed by atoms with Gasteiger partial charge in [-0.05, 0) is 32.0 Å². The van der Waals surface area contributed by atoms with Crippen molar-refractivity contribution in [3.05, 3.63) is 48.2 Å². The van der Waals surface area contributed by atoms with Gasteiger partial charge in [0, 0.05) is 39.3 Å².